The lowest BCUT2D eigenvalue weighted by atomic mass is 9.96. The largest absolute Gasteiger partial charge is 0.370 e. The molecule has 1 aromatic carbocycles. The fourth-order valence-corrected chi connectivity index (χ4v) is 10.3. The van der Waals surface area contributed by atoms with Crippen molar-refractivity contribution in [2.45, 2.75) is 127 Å². The lowest BCUT2D eigenvalue weighted by Crippen LogP contribution is -2.61. The summed E-state index contributed by atoms with van der Waals surface area (Å²) in [7, 11) is 2.09. The van der Waals surface area contributed by atoms with Crippen LogP contribution in [0.1, 0.15) is 78.2 Å². The molecular weight excluding hydrogens is 963 g/mol. The molecule has 0 radical (unpaired) electrons. The first-order valence-electron chi connectivity index (χ1n) is 23.4. The number of carbonyl (C=O) groups excluding carboxylic acids is 11. The Bertz CT molecular complexity index is 2300. The Morgan fingerprint density at radius 2 is 1.44 bits per heavy atom. The third-order valence-electron chi connectivity index (χ3n) is 12.0. The van der Waals surface area contributed by atoms with Crippen LogP contribution in [0.3, 0.4) is 0 Å². The van der Waals surface area contributed by atoms with Crippen molar-refractivity contribution >= 4 is 97.5 Å². The molecule has 26 heteroatoms. The first-order chi connectivity index (χ1) is 33.6. The van der Waals surface area contributed by atoms with E-state index in [-0.39, 0.29) is 49.7 Å². The number of aromatic amines is 1. The van der Waals surface area contributed by atoms with E-state index in [2.05, 4.69) is 42.2 Å². The number of rotatable bonds is 17. The second-order valence-electron chi connectivity index (χ2n) is 18.1. The maximum Gasteiger partial charge on any atom is 0.246 e. The summed E-state index contributed by atoms with van der Waals surface area (Å²) in [6.45, 7) is 6.68. The van der Waals surface area contributed by atoms with E-state index in [0.29, 0.717) is 18.4 Å². The highest BCUT2D eigenvalue weighted by Gasteiger charge is 2.41. The Morgan fingerprint density at radius 1 is 0.789 bits per heavy atom. The van der Waals surface area contributed by atoms with Crippen molar-refractivity contribution in [1.82, 2.24) is 47.1 Å². The van der Waals surface area contributed by atoms with Crippen LogP contribution >= 0.6 is 21.6 Å². The highest BCUT2D eigenvalue weighted by molar-refractivity contribution is 8.76. The maximum atomic E-state index is 14.5. The van der Waals surface area contributed by atoms with Gasteiger partial charge in [-0.2, -0.15) is 0 Å². The SMILES string of the molecule is CC[C@H](C)C1NC(=O)[C@H](Cc2c[nH]c3ccccc23)NC(=O)[C@@H](N)CSSC[C@@H](C(=O)N2CCC[C@H]2C(=O)N[C@@H](CC(C)C)C(=O)NCC(N)=O)NC(=O)[C@H](CC(N)=O)NC(=O)[C@H](CCC(N)=O)NC1=O. The van der Waals surface area contributed by atoms with Crippen LogP contribution < -0.4 is 60.2 Å². The average molecular weight is 1030 g/mol. The fraction of sp³-hybridized carbons (Fsp3) is 0.578. The molecule has 1 aromatic heterocycles. The summed E-state index contributed by atoms with van der Waals surface area (Å²) in [5, 5.41) is 18.9. The molecule has 390 valence electrons. The van der Waals surface area contributed by atoms with E-state index in [0.717, 1.165) is 32.5 Å². The molecule has 2 aliphatic heterocycles. The van der Waals surface area contributed by atoms with Crippen LogP contribution in [0.4, 0.5) is 0 Å². The molecule has 2 fully saturated rings. The molecule has 2 aliphatic rings. The van der Waals surface area contributed by atoms with Crippen LogP contribution in [-0.4, -0.2) is 148 Å². The van der Waals surface area contributed by atoms with E-state index in [9.17, 15) is 52.7 Å². The second kappa shape index (κ2) is 27.3. The molecule has 0 spiro atoms. The second-order valence-corrected chi connectivity index (χ2v) is 20.6. The van der Waals surface area contributed by atoms with Gasteiger partial charge in [-0.3, -0.25) is 52.7 Å². The summed E-state index contributed by atoms with van der Waals surface area (Å²) in [6, 6.07) is -3.45. The molecule has 2 saturated heterocycles. The third-order valence-corrected chi connectivity index (χ3v) is 14.5. The van der Waals surface area contributed by atoms with Crippen molar-refractivity contribution in [3.8, 4) is 0 Å². The van der Waals surface area contributed by atoms with Crippen molar-refractivity contribution in [1.29, 1.82) is 0 Å². The summed E-state index contributed by atoms with van der Waals surface area (Å²) in [5.74, 6) is -10.1. The summed E-state index contributed by atoms with van der Waals surface area (Å²) in [5.41, 5.74) is 24.0. The highest BCUT2D eigenvalue weighted by atomic mass is 33.1. The number of aromatic nitrogens is 1. The van der Waals surface area contributed by atoms with E-state index in [1.165, 1.54) is 4.90 Å². The molecule has 3 heterocycles. The lowest BCUT2D eigenvalue weighted by molar-refractivity contribution is -0.142. The molecule has 0 bridgehead atoms. The van der Waals surface area contributed by atoms with Crippen molar-refractivity contribution in [2.24, 2.45) is 34.8 Å². The number of nitrogens with one attached hydrogen (secondary N) is 8. The van der Waals surface area contributed by atoms with Crippen molar-refractivity contribution in [2.75, 3.05) is 24.6 Å². The maximum absolute atomic E-state index is 14.5. The predicted molar refractivity (Wildman–Crippen MR) is 265 cm³/mol. The van der Waals surface area contributed by atoms with E-state index in [4.69, 9.17) is 22.9 Å². The molecule has 1 unspecified atom stereocenters. The van der Waals surface area contributed by atoms with Crippen LogP contribution in [0.15, 0.2) is 30.5 Å². The Kier molecular flexibility index (Phi) is 22.0. The Morgan fingerprint density at radius 3 is 2.10 bits per heavy atom. The number of para-hydroxylation sites is 1. The third kappa shape index (κ3) is 17.2. The van der Waals surface area contributed by atoms with Crippen molar-refractivity contribution in [3.63, 3.8) is 0 Å². The quantitative estimate of drug-likeness (QED) is 0.0711. The molecule has 0 saturated carbocycles. The highest BCUT2D eigenvalue weighted by Crippen LogP contribution is 2.26. The topological polar surface area (TPSA) is 395 Å². The first kappa shape index (κ1) is 57.2. The number of hydrogen-bond donors (Lipinski definition) is 12. The summed E-state index contributed by atoms with van der Waals surface area (Å²) in [4.78, 5) is 152. The van der Waals surface area contributed by atoms with Gasteiger partial charge in [0.15, 0.2) is 0 Å². The van der Waals surface area contributed by atoms with Gasteiger partial charge < -0.3 is 70.0 Å². The van der Waals surface area contributed by atoms with Crippen LogP contribution in [0.25, 0.3) is 10.9 Å². The Labute approximate surface area is 418 Å². The number of amides is 11. The monoisotopic (exact) mass is 1030 g/mol. The van der Waals surface area contributed by atoms with Crippen LogP contribution in [0.2, 0.25) is 0 Å². The number of primary amides is 3. The van der Waals surface area contributed by atoms with Gasteiger partial charge in [0.1, 0.15) is 42.3 Å². The first-order valence-corrected chi connectivity index (χ1v) is 25.9. The van der Waals surface area contributed by atoms with E-state index in [1.54, 1.807) is 20.0 Å². The van der Waals surface area contributed by atoms with Gasteiger partial charge in [0.25, 0.3) is 0 Å². The van der Waals surface area contributed by atoms with Gasteiger partial charge in [0.05, 0.1) is 19.0 Å². The standard InChI is InChI=1S/C45H67N13O11S2/c1-5-23(4)37-44(68)52-28(12-13-34(47)59)40(64)54-31(17-35(48)60)41(65)56-32(45(69)58-14-8-11-33(58)43(67)55-29(15-22(2)3)39(63)51-19-36(49)61)21-71-70-20-26(46)38(62)53-30(42(66)57-37)16-24-18-50-27-10-7-6-9-25(24)27/h6-7,9-10,18,22-23,26,28-33,37,50H,5,8,11-17,19-21,46H2,1-4H3,(H2,47,59)(H2,48,60)(H2,49,61)(H,51,63)(H,52,68)(H,53,62)(H,54,64)(H,55,67)(H,56,65)(H,57,66)/t23-,26-,28-,29-,30-,31-,32-,33-,37?/m0/s1. The molecule has 9 atom stereocenters. The molecule has 24 nitrogen and oxygen atoms in total. The molecule has 16 N–H and O–H groups in total. The average Bonchev–Trinajstić information content (AvgIpc) is 3.98. The van der Waals surface area contributed by atoms with E-state index in [1.807, 2.05) is 38.1 Å². The van der Waals surface area contributed by atoms with Gasteiger partial charge >= 0.3 is 0 Å². The number of fused-ring (bicyclic) bond motifs is 1. The van der Waals surface area contributed by atoms with Gasteiger partial charge in [0, 0.05) is 48.0 Å². The number of carbonyl (C=O) groups is 11. The minimum atomic E-state index is -1.74. The Hall–Kier alpha value is -6.41. The number of benzene rings is 1. The number of hydrogen-bond acceptors (Lipinski definition) is 14. The summed E-state index contributed by atoms with van der Waals surface area (Å²) in [6.07, 6.45) is 1.15. The molecular formula is C45H67N13O11S2. The normalized spacial score (nSPS) is 24.1. The van der Waals surface area contributed by atoms with Gasteiger partial charge in [-0.05, 0) is 49.1 Å². The van der Waals surface area contributed by atoms with Gasteiger partial charge in [0.2, 0.25) is 65.0 Å². The molecule has 0 aliphatic carbocycles. The van der Waals surface area contributed by atoms with Crippen molar-refractivity contribution in [3.05, 3.63) is 36.0 Å². The molecule has 71 heavy (non-hydrogen) atoms. The fourth-order valence-electron chi connectivity index (χ4n) is 8.00. The lowest BCUT2D eigenvalue weighted by Gasteiger charge is -2.31. The molecule has 11 amide bonds. The zero-order chi connectivity index (χ0) is 52.5. The Balaban J connectivity index is 1.71. The number of likely N-dealkylation sites (tertiary alicyclic amines) is 1. The van der Waals surface area contributed by atoms with Gasteiger partial charge in [-0.1, -0.05) is 73.9 Å². The van der Waals surface area contributed by atoms with Crippen LogP contribution in [0.5, 0.6) is 0 Å². The minimum Gasteiger partial charge on any atom is -0.370 e. The minimum absolute atomic E-state index is 0.0319. The van der Waals surface area contributed by atoms with Gasteiger partial charge in [-0.15, -0.1) is 0 Å². The summed E-state index contributed by atoms with van der Waals surface area (Å²) >= 11 is 0. The number of nitrogens with two attached hydrogens (primary N) is 4. The van der Waals surface area contributed by atoms with Crippen LogP contribution in [0, 0.1) is 11.8 Å². The van der Waals surface area contributed by atoms with Gasteiger partial charge in [-0.25, -0.2) is 0 Å². The van der Waals surface area contributed by atoms with E-state index < -0.39 is 139 Å². The predicted octanol–water partition coefficient (Wildman–Crippen LogP) is -2.83. The van der Waals surface area contributed by atoms with E-state index >= 15 is 0 Å². The number of nitrogens with zero attached hydrogens (tertiary/aromatic N) is 1. The molecule has 2 aromatic rings. The zero-order valence-corrected chi connectivity index (χ0v) is 41.8. The zero-order valence-electron chi connectivity index (χ0n) is 40.2. The van der Waals surface area contributed by atoms with Crippen molar-refractivity contribution < 1.29 is 52.7 Å². The summed E-state index contributed by atoms with van der Waals surface area (Å²) < 4.78 is 0. The molecule has 4 rings (SSSR count). The smallest absolute Gasteiger partial charge is 0.246 e. The number of H-pyrrole nitrogens is 1. The van der Waals surface area contributed by atoms with Crippen LogP contribution in [-0.2, 0) is 59.2 Å².